The van der Waals surface area contributed by atoms with E-state index in [9.17, 15) is 0 Å². The summed E-state index contributed by atoms with van der Waals surface area (Å²) < 4.78 is 0. The Morgan fingerprint density at radius 1 is 1.39 bits per heavy atom. The van der Waals surface area contributed by atoms with Gasteiger partial charge in [-0.1, -0.05) is 13.3 Å². The van der Waals surface area contributed by atoms with Crippen molar-refractivity contribution in [2.75, 3.05) is 25.6 Å². The van der Waals surface area contributed by atoms with Crippen molar-refractivity contribution in [1.29, 1.82) is 0 Å². The topological polar surface area (TPSA) is 36.4 Å². The quantitative estimate of drug-likeness (QED) is 0.292. The fraction of sp³-hybridized carbons (Fsp3) is 0.923. The molecule has 0 aromatic rings. The summed E-state index contributed by atoms with van der Waals surface area (Å²) in [6, 6.07) is 0.673. The summed E-state index contributed by atoms with van der Waals surface area (Å²) in [5.74, 6) is 3.13. The molecule has 0 heterocycles. The van der Waals surface area contributed by atoms with Crippen molar-refractivity contribution in [2.24, 2.45) is 10.9 Å². The molecule has 1 rings (SSSR count). The predicted molar refractivity (Wildman–Crippen MR) is 94.3 cm³/mol. The SMILES string of the molecule is CCCC1CC1NC(=NC)NCCCCSC.I. The first-order valence-electron chi connectivity index (χ1n) is 6.78. The van der Waals surface area contributed by atoms with Gasteiger partial charge >= 0.3 is 0 Å². The van der Waals surface area contributed by atoms with Gasteiger partial charge < -0.3 is 10.6 Å². The molecule has 5 heteroatoms. The first-order chi connectivity index (χ1) is 8.31. The second kappa shape index (κ2) is 11.2. The van der Waals surface area contributed by atoms with E-state index >= 15 is 0 Å². The summed E-state index contributed by atoms with van der Waals surface area (Å²) >= 11 is 1.92. The second-order valence-corrected chi connectivity index (χ2v) is 5.72. The molecule has 1 aliphatic carbocycles. The minimum Gasteiger partial charge on any atom is -0.356 e. The van der Waals surface area contributed by atoms with E-state index in [4.69, 9.17) is 0 Å². The van der Waals surface area contributed by atoms with Crippen LogP contribution in [0.4, 0.5) is 0 Å². The molecule has 0 aromatic carbocycles. The maximum atomic E-state index is 4.27. The van der Waals surface area contributed by atoms with Crippen LogP contribution >= 0.6 is 35.7 Å². The largest absolute Gasteiger partial charge is 0.356 e. The number of hydrogen-bond acceptors (Lipinski definition) is 2. The van der Waals surface area contributed by atoms with Gasteiger partial charge in [0.25, 0.3) is 0 Å². The lowest BCUT2D eigenvalue weighted by molar-refractivity contribution is 0.652. The third-order valence-electron chi connectivity index (χ3n) is 3.20. The van der Waals surface area contributed by atoms with Crippen molar-refractivity contribution in [1.82, 2.24) is 10.6 Å². The fourth-order valence-corrected chi connectivity index (χ4v) is 2.56. The molecule has 0 spiro atoms. The lowest BCUT2D eigenvalue weighted by atomic mass is 10.2. The Kier molecular flexibility index (Phi) is 11.4. The van der Waals surface area contributed by atoms with E-state index in [1.165, 1.54) is 37.9 Å². The third kappa shape index (κ3) is 7.71. The minimum absolute atomic E-state index is 0. The van der Waals surface area contributed by atoms with Crippen molar-refractivity contribution in [2.45, 2.75) is 45.1 Å². The average molecular weight is 385 g/mol. The number of guanidine groups is 1. The average Bonchev–Trinajstić information content (AvgIpc) is 3.06. The van der Waals surface area contributed by atoms with Gasteiger partial charge in [-0.3, -0.25) is 4.99 Å². The van der Waals surface area contributed by atoms with Crippen LogP contribution < -0.4 is 10.6 Å². The highest BCUT2D eigenvalue weighted by molar-refractivity contribution is 14.0. The number of nitrogens with one attached hydrogen (secondary N) is 2. The number of rotatable bonds is 8. The molecule has 2 atom stereocenters. The molecule has 0 bridgehead atoms. The summed E-state index contributed by atoms with van der Waals surface area (Å²) in [6.07, 6.45) is 8.64. The Hall–Kier alpha value is 0.350. The molecule has 1 fully saturated rings. The molecule has 0 aliphatic heterocycles. The molecule has 0 saturated heterocycles. The van der Waals surface area contributed by atoms with Gasteiger partial charge in [-0.15, -0.1) is 24.0 Å². The Labute approximate surface area is 133 Å². The van der Waals surface area contributed by atoms with Crippen LogP contribution in [-0.4, -0.2) is 37.6 Å². The van der Waals surface area contributed by atoms with Gasteiger partial charge in [-0.2, -0.15) is 11.8 Å². The second-order valence-electron chi connectivity index (χ2n) is 4.73. The number of thioether (sulfide) groups is 1. The molecule has 2 N–H and O–H groups in total. The monoisotopic (exact) mass is 385 g/mol. The number of halogens is 1. The van der Waals surface area contributed by atoms with Crippen LogP contribution in [0.1, 0.15) is 39.0 Å². The Morgan fingerprint density at radius 2 is 2.17 bits per heavy atom. The number of hydrogen-bond donors (Lipinski definition) is 2. The van der Waals surface area contributed by atoms with Crippen LogP contribution in [0.15, 0.2) is 4.99 Å². The highest BCUT2D eigenvalue weighted by atomic mass is 127. The van der Waals surface area contributed by atoms with Crippen LogP contribution in [0.5, 0.6) is 0 Å². The van der Waals surface area contributed by atoms with E-state index in [0.29, 0.717) is 6.04 Å². The maximum absolute atomic E-state index is 4.27. The fourth-order valence-electron chi connectivity index (χ4n) is 2.06. The van der Waals surface area contributed by atoms with E-state index in [1.54, 1.807) is 0 Å². The van der Waals surface area contributed by atoms with Crippen LogP contribution in [0.3, 0.4) is 0 Å². The van der Waals surface area contributed by atoms with Crippen molar-refractivity contribution in [3.05, 3.63) is 0 Å². The van der Waals surface area contributed by atoms with Gasteiger partial charge in [0, 0.05) is 19.6 Å². The van der Waals surface area contributed by atoms with Crippen molar-refractivity contribution in [3.63, 3.8) is 0 Å². The molecule has 18 heavy (non-hydrogen) atoms. The number of nitrogens with zero attached hydrogens (tertiary/aromatic N) is 1. The smallest absolute Gasteiger partial charge is 0.191 e. The third-order valence-corrected chi connectivity index (χ3v) is 3.89. The number of unbranched alkanes of at least 4 members (excludes halogenated alkanes) is 1. The summed E-state index contributed by atoms with van der Waals surface area (Å²) in [5.41, 5.74) is 0. The summed E-state index contributed by atoms with van der Waals surface area (Å²) in [4.78, 5) is 4.27. The Balaban J connectivity index is 0.00000289. The molecule has 0 aromatic heterocycles. The van der Waals surface area contributed by atoms with Crippen molar-refractivity contribution < 1.29 is 0 Å². The standard InChI is InChI=1S/C13H27N3S.HI/c1-4-7-11-10-12(11)16-13(14-2)15-8-5-6-9-17-3;/h11-12H,4-10H2,1-3H3,(H2,14,15,16);1H. The van der Waals surface area contributed by atoms with Gasteiger partial charge in [0.05, 0.1) is 0 Å². The summed E-state index contributed by atoms with van der Waals surface area (Å²) in [7, 11) is 1.86. The summed E-state index contributed by atoms with van der Waals surface area (Å²) in [5, 5.41) is 6.89. The highest BCUT2D eigenvalue weighted by Gasteiger charge is 2.36. The molecule has 2 unspecified atom stereocenters. The molecule has 0 amide bonds. The highest BCUT2D eigenvalue weighted by Crippen LogP contribution is 2.34. The van der Waals surface area contributed by atoms with Crippen molar-refractivity contribution >= 4 is 41.7 Å². The minimum atomic E-state index is 0. The van der Waals surface area contributed by atoms with Gasteiger partial charge in [0.1, 0.15) is 0 Å². The van der Waals surface area contributed by atoms with E-state index in [0.717, 1.165) is 18.4 Å². The molecular formula is C13H28IN3S. The van der Waals surface area contributed by atoms with Crippen LogP contribution in [0.2, 0.25) is 0 Å². The number of aliphatic imine (C=N–C) groups is 1. The molecule has 1 aliphatic rings. The van der Waals surface area contributed by atoms with E-state index < -0.39 is 0 Å². The van der Waals surface area contributed by atoms with Gasteiger partial charge in [0.2, 0.25) is 0 Å². The van der Waals surface area contributed by atoms with Gasteiger partial charge in [-0.05, 0) is 43.6 Å². The van der Waals surface area contributed by atoms with Gasteiger partial charge in [0.15, 0.2) is 5.96 Å². The van der Waals surface area contributed by atoms with Crippen LogP contribution in [0, 0.1) is 5.92 Å². The first-order valence-corrected chi connectivity index (χ1v) is 8.17. The molecule has 108 valence electrons. The zero-order valence-electron chi connectivity index (χ0n) is 11.9. The van der Waals surface area contributed by atoms with Crippen molar-refractivity contribution in [3.8, 4) is 0 Å². The Bertz CT molecular complexity index is 236. The summed E-state index contributed by atoms with van der Waals surface area (Å²) in [6.45, 7) is 3.29. The zero-order valence-corrected chi connectivity index (χ0v) is 15.0. The maximum Gasteiger partial charge on any atom is 0.191 e. The van der Waals surface area contributed by atoms with Crippen LogP contribution in [0.25, 0.3) is 0 Å². The van der Waals surface area contributed by atoms with Crippen LogP contribution in [-0.2, 0) is 0 Å². The van der Waals surface area contributed by atoms with E-state index in [1.807, 2.05) is 18.8 Å². The normalized spacial score (nSPS) is 22.3. The van der Waals surface area contributed by atoms with Gasteiger partial charge in [-0.25, -0.2) is 0 Å². The van der Waals surface area contributed by atoms with E-state index in [2.05, 4.69) is 28.8 Å². The lowest BCUT2D eigenvalue weighted by Gasteiger charge is -2.11. The molecule has 0 radical (unpaired) electrons. The molecule has 1 saturated carbocycles. The Morgan fingerprint density at radius 3 is 2.78 bits per heavy atom. The predicted octanol–water partition coefficient (Wildman–Crippen LogP) is 3.10. The zero-order chi connectivity index (χ0) is 12.5. The first kappa shape index (κ1) is 18.4. The lowest BCUT2D eigenvalue weighted by Crippen LogP contribution is -2.39. The molecular weight excluding hydrogens is 357 g/mol. The van der Waals surface area contributed by atoms with E-state index in [-0.39, 0.29) is 24.0 Å². The molecule has 3 nitrogen and oxygen atoms in total.